The molecular formula is C24H28N4O3. The molecule has 0 aliphatic carbocycles. The van der Waals surface area contributed by atoms with E-state index in [4.69, 9.17) is 0 Å². The highest BCUT2D eigenvalue weighted by Crippen LogP contribution is 2.31. The Hall–Kier alpha value is -3.35. The number of amides is 3. The molecule has 31 heavy (non-hydrogen) atoms. The third-order valence-electron chi connectivity index (χ3n) is 5.92. The lowest BCUT2D eigenvalue weighted by molar-refractivity contribution is -0.118. The van der Waals surface area contributed by atoms with E-state index in [1.54, 1.807) is 11.0 Å². The predicted molar refractivity (Wildman–Crippen MR) is 121 cm³/mol. The first-order chi connectivity index (χ1) is 14.9. The van der Waals surface area contributed by atoms with Gasteiger partial charge in [-0.1, -0.05) is 12.1 Å². The van der Waals surface area contributed by atoms with E-state index in [-0.39, 0.29) is 36.7 Å². The first kappa shape index (κ1) is 20.9. The molecule has 7 nitrogen and oxygen atoms in total. The standard InChI is InChI=1S/C24H28N4O3/c1-16-13-18(24(31)27-11-5-6-12-27)9-10-19(16)25-15-23(30)28-17(2)14-22(29)26-20-7-3-4-8-21(20)28/h3-4,7-10,13,17,25H,5-6,11-12,14-15H2,1-2H3,(H,26,29). The molecule has 0 spiro atoms. The second-order valence-corrected chi connectivity index (χ2v) is 8.26. The molecule has 2 aromatic carbocycles. The van der Waals surface area contributed by atoms with Crippen LogP contribution in [0.1, 0.15) is 42.1 Å². The number of carbonyl (C=O) groups is 3. The molecular weight excluding hydrogens is 392 g/mol. The minimum absolute atomic E-state index is 0.0652. The number of anilines is 3. The maximum Gasteiger partial charge on any atom is 0.253 e. The first-order valence-electron chi connectivity index (χ1n) is 10.8. The molecule has 0 saturated carbocycles. The van der Waals surface area contributed by atoms with Crippen molar-refractivity contribution in [2.45, 2.75) is 39.2 Å². The third kappa shape index (κ3) is 4.40. The molecule has 7 heteroatoms. The van der Waals surface area contributed by atoms with Gasteiger partial charge in [-0.25, -0.2) is 0 Å². The molecule has 1 atom stereocenters. The molecule has 4 rings (SSSR count). The summed E-state index contributed by atoms with van der Waals surface area (Å²) in [5.41, 5.74) is 3.76. The third-order valence-corrected chi connectivity index (χ3v) is 5.92. The van der Waals surface area contributed by atoms with Crippen LogP contribution >= 0.6 is 0 Å². The number of hydrogen-bond acceptors (Lipinski definition) is 4. The highest BCUT2D eigenvalue weighted by Gasteiger charge is 2.29. The Kier molecular flexibility index (Phi) is 5.93. The number of likely N-dealkylation sites (tertiary alicyclic amines) is 1. The lowest BCUT2D eigenvalue weighted by atomic mass is 10.1. The zero-order chi connectivity index (χ0) is 22.0. The van der Waals surface area contributed by atoms with Gasteiger partial charge in [0.05, 0.1) is 17.9 Å². The van der Waals surface area contributed by atoms with Gasteiger partial charge in [0.15, 0.2) is 0 Å². The number of hydrogen-bond donors (Lipinski definition) is 2. The molecule has 162 valence electrons. The van der Waals surface area contributed by atoms with Gasteiger partial charge in [0.1, 0.15) is 0 Å². The SMILES string of the molecule is Cc1cc(C(=O)N2CCCC2)ccc1NCC(=O)N1c2ccccc2NC(=O)CC1C. The summed E-state index contributed by atoms with van der Waals surface area (Å²) in [4.78, 5) is 41.4. The van der Waals surface area contributed by atoms with Crippen molar-refractivity contribution in [3.8, 4) is 0 Å². The molecule has 2 aromatic rings. The lowest BCUT2D eigenvalue weighted by Crippen LogP contribution is -2.42. The summed E-state index contributed by atoms with van der Waals surface area (Å²) in [5.74, 6) is -0.152. The van der Waals surface area contributed by atoms with E-state index in [0.717, 1.165) is 37.2 Å². The zero-order valence-electron chi connectivity index (χ0n) is 18.0. The number of nitrogens with one attached hydrogen (secondary N) is 2. The van der Waals surface area contributed by atoms with Crippen molar-refractivity contribution in [1.82, 2.24) is 4.90 Å². The van der Waals surface area contributed by atoms with Crippen molar-refractivity contribution in [2.24, 2.45) is 0 Å². The Balaban J connectivity index is 1.47. The number of aryl methyl sites for hydroxylation is 1. The normalized spacial score (nSPS) is 18.3. The molecule has 2 heterocycles. The summed E-state index contributed by atoms with van der Waals surface area (Å²) >= 11 is 0. The fourth-order valence-corrected chi connectivity index (χ4v) is 4.32. The average Bonchev–Trinajstić information content (AvgIpc) is 3.24. The van der Waals surface area contributed by atoms with Crippen LogP contribution in [0.2, 0.25) is 0 Å². The Morgan fingerprint density at radius 1 is 1.13 bits per heavy atom. The van der Waals surface area contributed by atoms with E-state index in [2.05, 4.69) is 10.6 Å². The summed E-state index contributed by atoms with van der Waals surface area (Å²) < 4.78 is 0. The van der Waals surface area contributed by atoms with Gasteiger partial charge in [-0.05, 0) is 62.6 Å². The minimum Gasteiger partial charge on any atom is -0.376 e. The van der Waals surface area contributed by atoms with E-state index >= 15 is 0 Å². The van der Waals surface area contributed by atoms with Gasteiger partial charge in [0.25, 0.3) is 5.91 Å². The van der Waals surface area contributed by atoms with Gasteiger partial charge in [0, 0.05) is 36.8 Å². The van der Waals surface area contributed by atoms with Crippen molar-refractivity contribution in [3.63, 3.8) is 0 Å². The summed E-state index contributed by atoms with van der Waals surface area (Å²) in [6.45, 7) is 5.54. The number of benzene rings is 2. The van der Waals surface area contributed by atoms with Crippen LogP contribution in [0.5, 0.6) is 0 Å². The molecule has 1 fully saturated rings. The number of nitrogens with zero attached hydrogens (tertiary/aromatic N) is 2. The summed E-state index contributed by atoms with van der Waals surface area (Å²) in [6.07, 6.45) is 2.37. The molecule has 2 N–H and O–H groups in total. The van der Waals surface area contributed by atoms with Crippen molar-refractivity contribution in [2.75, 3.05) is 35.2 Å². The molecule has 2 aliphatic heterocycles. The number of carbonyl (C=O) groups excluding carboxylic acids is 3. The highest BCUT2D eigenvalue weighted by atomic mass is 16.2. The fourth-order valence-electron chi connectivity index (χ4n) is 4.32. The second-order valence-electron chi connectivity index (χ2n) is 8.26. The maximum atomic E-state index is 13.1. The summed E-state index contributed by atoms with van der Waals surface area (Å²) in [5, 5.41) is 6.08. The smallest absolute Gasteiger partial charge is 0.253 e. The van der Waals surface area contributed by atoms with Gasteiger partial charge >= 0.3 is 0 Å². The maximum absolute atomic E-state index is 13.1. The fraction of sp³-hybridized carbons (Fsp3) is 0.375. The largest absolute Gasteiger partial charge is 0.376 e. The van der Waals surface area contributed by atoms with Crippen LogP contribution in [0.4, 0.5) is 17.1 Å². The summed E-state index contributed by atoms with van der Waals surface area (Å²) in [7, 11) is 0. The molecule has 1 unspecified atom stereocenters. The van der Waals surface area contributed by atoms with Crippen molar-refractivity contribution >= 4 is 34.8 Å². The Bertz CT molecular complexity index is 1010. The van der Waals surface area contributed by atoms with Crippen LogP contribution in [-0.4, -0.2) is 48.3 Å². The molecule has 0 bridgehead atoms. The van der Waals surface area contributed by atoms with E-state index in [1.807, 2.05) is 55.1 Å². The molecule has 1 saturated heterocycles. The number of para-hydroxylation sites is 2. The van der Waals surface area contributed by atoms with E-state index in [1.165, 1.54) is 0 Å². The minimum atomic E-state index is -0.250. The van der Waals surface area contributed by atoms with Gasteiger partial charge in [-0.3, -0.25) is 14.4 Å². The van der Waals surface area contributed by atoms with Gasteiger partial charge in [-0.15, -0.1) is 0 Å². The van der Waals surface area contributed by atoms with E-state index in [0.29, 0.717) is 16.9 Å². The monoisotopic (exact) mass is 420 g/mol. The Morgan fingerprint density at radius 2 is 1.87 bits per heavy atom. The van der Waals surface area contributed by atoms with Crippen molar-refractivity contribution in [1.29, 1.82) is 0 Å². The van der Waals surface area contributed by atoms with Crippen LogP contribution < -0.4 is 15.5 Å². The van der Waals surface area contributed by atoms with Gasteiger partial charge < -0.3 is 20.4 Å². The predicted octanol–water partition coefficient (Wildman–Crippen LogP) is 3.41. The van der Waals surface area contributed by atoms with E-state index in [9.17, 15) is 14.4 Å². The average molecular weight is 421 g/mol. The van der Waals surface area contributed by atoms with Crippen LogP contribution in [0.3, 0.4) is 0 Å². The van der Waals surface area contributed by atoms with Crippen LogP contribution in [0.15, 0.2) is 42.5 Å². The Labute approximate surface area is 182 Å². The van der Waals surface area contributed by atoms with Crippen LogP contribution in [-0.2, 0) is 9.59 Å². The second kappa shape index (κ2) is 8.79. The van der Waals surface area contributed by atoms with Crippen LogP contribution in [0, 0.1) is 6.92 Å². The quantitative estimate of drug-likeness (QED) is 0.794. The van der Waals surface area contributed by atoms with Crippen molar-refractivity contribution < 1.29 is 14.4 Å². The topological polar surface area (TPSA) is 81.8 Å². The van der Waals surface area contributed by atoms with Gasteiger partial charge in [-0.2, -0.15) is 0 Å². The molecule has 0 aromatic heterocycles. The lowest BCUT2D eigenvalue weighted by Gasteiger charge is -2.28. The van der Waals surface area contributed by atoms with E-state index < -0.39 is 0 Å². The van der Waals surface area contributed by atoms with Gasteiger partial charge in [0.2, 0.25) is 11.8 Å². The van der Waals surface area contributed by atoms with Crippen LogP contribution in [0.25, 0.3) is 0 Å². The Morgan fingerprint density at radius 3 is 2.61 bits per heavy atom. The first-order valence-corrected chi connectivity index (χ1v) is 10.8. The number of fused-ring (bicyclic) bond motifs is 1. The number of rotatable bonds is 4. The molecule has 0 radical (unpaired) electrons. The highest BCUT2D eigenvalue weighted by molar-refractivity contribution is 6.05. The zero-order valence-corrected chi connectivity index (χ0v) is 18.0. The molecule has 3 amide bonds. The molecule has 2 aliphatic rings. The van der Waals surface area contributed by atoms with Crippen molar-refractivity contribution in [3.05, 3.63) is 53.6 Å². The summed E-state index contributed by atoms with van der Waals surface area (Å²) in [6, 6.07) is 12.6.